The number of rotatable bonds is 5. The van der Waals surface area contributed by atoms with Crippen LogP contribution in [-0.4, -0.2) is 0 Å². The van der Waals surface area contributed by atoms with Gasteiger partial charge in [-0.3, -0.25) is 0 Å². The monoisotopic (exact) mass is 883 g/mol. The minimum atomic E-state index is -0.0716. The molecule has 13 rings (SSSR count). The lowest BCUT2D eigenvalue weighted by molar-refractivity contribution is 0.573. The Kier molecular flexibility index (Phi) is 9.36. The van der Waals surface area contributed by atoms with Crippen LogP contribution >= 0.6 is 0 Å². The van der Waals surface area contributed by atoms with Crippen LogP contribution in [0.25, 0.3) is 110 Å². The van der Waals surface area contributed by atoms with E-state index in [-0.39, 0.29) is 5.41 Å². The number of nitrogens with zero attached hydrogens (tertiary/aromatic N) is 1. The maximum atomic E-state index is 6.99. The van der Waals surface area contributed by atoms with Crippen molar-refractivity contribution in [1.29, 1.82) is 0 Å². The molecule has 0 N–H and O–H groups in total. The van der Waals surface area contributed by atoms with Crippen molar-refractivity contribution in [2.75, 3.05) is 4.90 Å². The lowest BCUT2D eigenvalue weighted by atomic mass is 9.79. The summed E-state index contributed by atoms with van der Waals surface area (Å²) in [6.45, 7) is 8.95. The summed E-state index contributed by atoms with van der Waals surface area (Å²) in [6.07, 6.45) is 0. The Hall–Kier alpha value is -8.46. The third-order valence-electron chi connectivity index (χ3n) is 14.5. The predicted octanol–water partition coefficient (Wildman–Crippen LogP) is 19.3. The van der Waals surface area contributed by atoms with E-state index in [1.807, 2.05) is 0 Å². The fraction of sp³-hybridized carbons (Fsp3) is 0.0746. The summed E-state index contributed by atoms with van der Waals surface area (Å²) in [7, 11) is 0. The van der Waals surface area contributed by atoms with Crippen LogP contribution in [0.4, 0.5) is 17.1 Å². The zero-order valence-corrected chi connectivity index (χ0v) is 39.2. The van der Waals surface area contributed by atoms with Gasteiger partial charge in [0.1, 0.15) is 5.58 Å². The molecule has 328 valence electrons. The second-order valence-corrected chi connectivity index (χ2v) is 19.6. The zero-order valence-electron chi connectivity index (χ0n) is 39.2. The summed E-state index contributed by atoms with van der Waals surface area (Å²) in [5.41, 5.74) is 22.2. The molecule has 2 heteroatoms. The minimum Gasteiger partial charge on any atom is -0.454 e. The Balaban J connectivity index is 0.988. The fourth-order valence-corrected chi connectivity index (χ4v) is 11.3. The van der Waals surface area contributed by atoms with Crippen LogP contribution in [0.5, 0.6) is 0 Å². The minimum absolute atomic E-state index is 0.0716. The number of hydrogen-bond acceptors (Lipinski definition) is 2. The highest BCUT2D eigenvalue weighted by Gasteiger charge is 2.26. The summed E-state index contributed by atoms with van der Waals surface area (Å²) in [6, 6.07) is 82.7. The van der Waals surface area contributed by atoms with Gasteiger partial charge in [0.25, 0.3) is 0 Å². The van der Waals surface area contributed by atoms with Crippen molar-refractivity contribution in [2.24, 2.45) is 0 Å². The lowest BCUT2D eigenvalue weighted by Gasteiger charge is -2.27. The van der Waals surface area contributed by atoms with Gasteiger partial charge in [-0.1, -0.05) is 215 Å². The summed E-state index contributed by atoms with van der Waals surface area (Å²) in [4.78, 5) is 2.37. The third-order valence-corrected chi connectivity index (χ3v) is 14.5. The number of aryl methyl sites for hydroxylation is 1. The molecule has 1 heterocycles. The molecule has 1 aliphatic carbocycles. The quantitative estimate of drug-likeness (QED) is 0.160. The Morgan fingerprint density at radius 2 is 0.739 bits per heavy atom. The molecule has 0 saturated carbocycles. The standard InChI is InChI=1S/C67H49NO/c1-42-19-5-16-33-61(42)68(62-34-18-31-58-57-30-17-32-60(67(2,3)4)65(57)69-66(58)62)45-38-35-43(36-39-45)63-53-26-12-14-28-55(53)64(56-29-15-13-27-54(56)63)44-37-40-52-50-24-9-8-22-48(50)46-20-6-7-21-47(46)49-23-10-11-25-51(49)59(52)41-44/h5-41H,1-4H3. The number of benzene rings is 11. The van der Waals surface area contributed by atoms with E-state index in [0.717, 1.165) is 39.0 Å². The molecule has 0 bridgehead atoms. The molecule has 11 aromatic carbocycles. The van der Waals surface area contributed by atoms with E-state index in [1.165, 1.54) is 99.4 Å². The Morgan fingerprint density at radius 1 is 0.333 bits per heavy atom. The molecule has 0 spiro atoms. The molecule has 12 aromatic rings. The normalized spacial score (nSPS) is 12.1. The highest BCUT2D eigenvalue weighted by atomic mass is 16.3. The van der Waals surface area contributed by atoms with E-state index >= 15 is 0 Å². The van der Waals surface area contributed by atoms with Gasteiger partial charge in [-0.15, -0.1) is 0 Å². The summed E-state index contributed by atoms with van der Waals surface area (Å²) in [5, 5.41) is 7.17. The van der Waals surface area contributed by atoms with Crippen molar-refractivity contribution in [2.45, 2.75) is 33.1 Å². The van der Waals surface area contributed by atoms with Gasteiger partial charge in [0.15, 0.2) is 5.58 Å². The molecule has 0 radical (unpaired) electrons. The fourth-order valence-electron chi connectivity index (χ4n) is 11.3. The number of anilines is 3. The Labute approximate surface area is 403 Å². The van der Waals surface area contributed by atoms with Crippen molar-refractivity contribution in [3.8, 4) is 66.8 Å². The van der Waals surface area contributed by atoms with Crippen LogP contribution in [0.15, 0.2) is 229 Å². The van der Waals surface area contributed by atoms with Crippen LogP contribution in [0.1, 0.15) is 31.9 Å². The van der Waals surface area contributed by atoms with E-state index in [1.54, 1.807) is 0 Å². The van der Waals surface area contributed by atoms with Crippen LogP contribution in [0.3, 0.4) is 0 Å². The van der Waals surface area contributed by atoms with E-state index in [2.05, 4.69) is 257 Å². The first-order valence-electron chi connectivity index (χ1n) is 24.1. The Bertz CT molecular complexity index is 3950. The van der Waals surface area contributed by atoms with Crippen molar-refractivity contribution < 1.29 is 4.42 Å². The smallest absolute Gasteiger partial charge is 0.159 e. The van der Waals surface area contributed by atoms with E-state index < -0.39 is 0 Å². The molecular weight excluding hydrogens is 835 g/mol. The van der Waals surface area contributed by atoms with E-state index in [4.69, 9.17) is 4.42 Å². The summed E-state index contributed by atoms with van der Waals surface area (Å²) in [5.74, 6) is 0. The molecule has 0 amide bonds. The van der Waals surface area contributed by atoms with Gasteiger partial charge < -0.3 is 9.32 Å². The SMILES string of the molecule is Cc1ccccc1N(c1ccc(-c2c3ccccc3c(-c3ccc4c(c3)-c3ccccc3-c3ccccc3-c3ccccc3-4)c3ccccc23)cc1)c1cccc2c1oc1c(C(C)(C)C)cccc12. The van der Waals surface area contributed by atoms with Crippen molar-refractivity contribution in [3.05, 3.63) is 236 Å². The second kappa shape index (κ2) is 15.8. The van der Waals surface area contributed by atoms with Gasteiger partial charge in [-0.2, -0.15) is 0 Å². The van der Waals surface area contributed by atoms with Gasteiger partial charge in [0, 0.05) is 27.7 Å². The first-order valence-corrected chi connectivity index (χ1v) is 24.1. The topological polar surface area (TPSA) is 16.4 Å². The maximum Gasteiger partial charge on any atom is 0.159 e. The number of furan rings is 1. The van der Waals surface area contributed by atoms with E-state index in [9.17, 15) is 0 Å². The maximum absolute atomic E-state index is 6.99. The molecule has 69 heavy (non-hydrogen) atoms. The highest BCUT2D eigenvalue weighted by Crippen LogP contribution is 2.51. The molecule has 1 aromatic heterocycles. The van der Waals surface area contributed by atoms with Crippen molar-refractivity contribution in [1.82, 2.24) is 0 Å². The van der Waals surface area contributed by atoms with Gasteiger partial charge in [0.2, 0.25) is 0 Å². The predicted molar refractivity (Wildman–Crippen MR) is 293 cm³/mol. The Morgan fingerprint density at radius 3 is 1.28 bits per heavy atom. The largest absolute Gasteiger partial charge is 0.454 e. The van der Waals surface area contributed by atoms with Gasteiger partial charge in [-0.25, -0.2) is 0 Å². The average Bonchev–Trinajstić information content (AvgIpc) is 3.78. The van der Waals surface area contributed by atoms with Crippen molar-refractivity contribution in [3.63, 3.8) is 0 Å². The summed E-state index contributed by atoms with van der Waals surface area (Å²) >= 11 is 0. The molecule has 0 fully saturated rings. The molecule has 1 aliphatic rings. The third kappa shape index (κ3) is 6.47. The molecule has 0 aliphatic heterocycles. The molecule has 0 atom stereocenters. The van der Waals surface area contributed by atoms with Gasteiger partial charge >= 0.3 is 0 Å². The van der Waals surface area contributed by atoms with Crippen molar-refractivity contribution >= 4 is 60.5 Å². The molecule has 0 unspecified atom stereocenters. The highest BCUT2D eigenvalue weighted by molar-refractivity contribution is 6.22. The van der Waals surface area contributed by atoms with E-state index in [0.29, 0.717) is 0 Å². The molecular formula is C67H49NO. The van der Waals surface area contributed by atoms with Gasteiger partial charge in [-0.05, 0) is 137 Å². The van der Waals surface area contributed by atoms with Crippen LogP contribution in [-0.2, 0) is 5.41 Å². The first kappa shape index (κ1) is 40.8. The average molecular weight is 884 g/mol. The number of fused-ring (bicyclic) bond motifs is 13. The van der Waals surface area contributed by atoms with Crippen LogP contribution in [0.2, 0.25) is 0 Å². The van der Waals surface area contributed by atoms with Crippen LogP contribution < -0.4 is 4.90 Å². The molecule has 2 nitrogen and oxygen atoms in total. The second-order valence-electron chi connectivity index (χ2n) is 19.6. The van der Waals surface area contributed by atoms with Gasteiger partial charge in [0.05, 0.1) is 5.69 Å². The lowest BCUT2D eigenvalue weighted by Crippen LogP contribution is -2.11. The summed E-state index contributed by atoms with van der Waals surface area (Å²) < 4.78 is 6.99. The van der Waals surface area contributed by atoms with Crippen LogP contribution in [0, 0.1) is 6.92 Å². The molecule has 0 saturated heterocycles. The zero-order chi connectivity index (χ0) is 46.4. The number of para-hydroxylation sites is 3. The number of hydrogen-bond donors (Lipinski definition) is 0. The first-order chi connectivity index (χ1) is 33.8.